The van der Waals surface area contributed by atoms with Crippen LogP contribution < -0.4 is 10.6 Å². The molecule has 5 aromatic carbocycles. The first-order chi connectivity index (χ1) is 17.7. The van der Waals surface area contributed by atoms with E-state index < -0.39 is 11.1 Å². The van der Waals surface area contributed by atoms with Crippen LogP contribution in [0.25, 0.3) is 0 Å². The number of benzene rings is 5. The molecule has 1 heterocycles. The molecule has 0 aromatic heterocycles. The fourth-order valence-electron chi connectivity index (χ4n) is 5.64. The fourth-order valence-corrected chi connectivity index (χ4v) is 5.64. The predicted molar refractivity (Wildman–Crippen MR) is 145 cm³/mol. The highest BCUT2D eigenvalue weighted by atomic mass is 16.2. The molecule has 0 spiro atoms. The van der Waals surface area contributed by atoms with Crippen molar-refractivity contribution in [3.63, 3.8) is 0 Å². The number of para-hydroxylation sites is 1. The molecular formula is C33H26N2O. The molecule has 0 fully saturated rings. The van der Waals surface area contributed by atoms with Crippen molar-refractivity contribution >= 4 is 11.6 Å². The molecule has 0 unspecified atom stereocenters. The van der Waals surface area contributed by atoms with E-state index in [9.17, 15) is 4.79 Å². The summed E-state index contributed by atoms with van der Waals surface area (Å²) in [7, 11) is 0. The van der Waals surface area contributed by atoms with Gasteiger partial charge < -0.3 is 5.73 Å². The largest absolute Gasteiger partial charge is 0.310 e. The molecule has 0 saturated heterocycles. The third kappa shape index (κ3) is 3.07. The lowest BCUT2D eigenvalue weighted by Crippen LogP contribution is -2.56. The maximum absolute atomic E-state index is 14.9. The van der Waals surface area contributed by atoms with Crippen molar-refractivity contribution in [2.45, 2.75) is 11.1 Å². The minimum Gasteiger partial charge on any atom is -0.310 e. The van der Waals surface area contributed by atoms with Crippen LogP contribution in [0.5, 0.6) is 0 Å². The van der Waals surface area contributed by atoms with E-state index in [2.05, 4.69) is 36.4 Å². The number of rotatable bonds is 5. The zero-order valence-corrected chi connectivity index (χ0v) is 19.8. The first kappa shape index (κ1) is 22.0. The normalized spacial score (nSPS) is 17.1. The van der Waals surface area contributed by atoms with Crippen LogP contribution in [0, 0.1) is 0 Å². The number of anilines is 1. The molecule has 1 atom stereocenters. The molecule has 1 amide bonds. The topological polar surface area (TPSA) is 46.3 Å². The number of nitrogens with two attached hydrogens (primary N) is 1. The van der Waals surface area contributed by atoms with Crippen molar-refractivity contribution < 1.29 is 4.79 Å². The lowest BCUT2D eigenvalue weighted by Gasteiger charge is -2.44. The monoisotopic (exact) mass is 466 g/mol. The van der Waals surface area contributed by atoms with Crippen molar-refractivity contribution in [2.24, 2.45) is 5.73 Å². The summed E-state index contributed by atoms with van der Waals surface area (Å²) in [6.45, 7) is 0. The van der Waals surface area contributed by atoms with Crippen LogP contribution in [-0.2, 0) is 15.9 Å². The van der Waals surface area contributed by atoms with Crippen LogP contribution in [0.4, 0.5) is 5.69 Å². The number of carbonyl (C=O) groups is 1. The summed E-state index contributed by atoms with van der Waals surface area (Å²) in [6.07, 6.45) is 0. The average molecular weight is 467 g/mol. The van der Waals surface area contributed by atoms with Crippen LogP contribution in [0.15, 0.2) is 146 Å². The summed E-state index contributed by atoms with van der Waals surface area (Å²) in [5, 5.41) is 0. The third-order valence-electron chi connectivity index (χ3n) is 7.25. The van der Waals surface area contributed by atoms with Gasteiger partial charge in [-0.25, -0.2) is 0 Å². The van der Waals surface area contributed by atoms with E-state index in [0.717, 1.165) is 33.5 Å². The molecule has 3 nitrogen and oxygen atoms in total. The molecule has 0 radical (unpaired) electrons. The Morgan fingerprint density at radius 2 is 0.917 bits per heavy atom. The minimum absolute atomic E-state index is 0.161. The molecule has 174 valence electrons. The summed E-state index contributed by atoms with van der Waals surface area (Å²) in [6, 6.07) is 48.3. The van der Waals surface area contributed by atoms with Crippen LogP contribution >= 0.6 is 0 Å². The van der Waals surface area contributed by atoms with Gasteiger partial charge in [-0.05, 0) is 28.3 Å². The van der Waals surface area contributed by atoms with Crippen molar-refractivity contribution in [3.05, 3.63) is 173 Å². The maximum atomic E-state index is 14.9. The molecule has 0 aliphatic carbocycles. The Bertz CT molecular complexity index is 1400. The van der Waals surface area contributed by atoms with E-state index in [-0.39, 0.29) is 5.91 Å². The van der Waals surface area contributed by atoms with E-state index >= 15 is 0 Å². The second-order valence-electron chi connectivity index (χ2n) is 9.14. The van der Waals surface area contributed by atoms with Gasteiger partial charge in [-0.1, -0.05) is 140 Å². The minimum atomic E-state index is -1.32. The third-order valence-corrected chi connectivity index (χ3v) is 7.25. The Labute approximate surface area is 211 Å². The van der Waals surface area contributed by atoms with Crippen LogP contribution in [-0.4, -0.2) is 5.91 Å². The zero-order chi connectivity index (χ0) is 24.6. The highest BCUT2D eigenvalue weighted by molar-refractivity contribution is 6.12. The molecule has 1 aliphatic heterocycles. The molecule has 0 bridgehead atoms. The van der Waals surface area contributed by atoms with Crippen LogP contribution in [0.1, 0.15) is 27.8 Å². The van der Waals surface area contributed by atoms with Gasteiger partial charge in [0.1, 0.15) is 11.1 Å². The maximum Gasteiger partial charge on any atom is 0.257 e. The second kappa shape index (κ2) is 8.63. The van der Waals surface area contributed by atoms with Gasteiger partial charge in [0.2, 0.25) is 0 Å². The first-order valence-corrected chi connectivity index (χ1v) is 12.1. The van der Waals surface area contributed by atoms with E-state index in [1.54, 1.807) is 0 Å². The molecule has 2 N–H and O–H groups in total. The first-order valence-electron chi connectivity index (χ1n) is 12.1. The summed E-state index contributed by atoms with van der Waals surface area (Å²) >= 11 is 0. The van der Waals surface area contributed by atoms with Crippen LogP contribution in [0.3, 0.4) is 0 Å². The van der Waals surface area contributed by atoms with E-state index in [1.807, 2.05) is 114 Å². The van der Waals surface area contributed by atoms with Crippen LogP contribution in [0.2, 0.25) is 0 Å². The number of fused-ring (bicyclic) bond motifs is 1. The predicted octanol–water partition coefficient (Wildman–Crippen LogP) is 6.23. The summed E-state index contributed by atoms with van der Waals surface area (Å²) < 4.78 is 0. The van der Waals surface area contributed by atoms with Gasteiger partial charge in [0.25, 0.3) is 5.91 Å². The zero-order valence-electron chi connectivity index (χ0n) is 19.8. The fraction of sp³-hybridized carbons (Fsp3) is 0.0606. The molecular weight excluding hydrogens is 440 g/mol. The molecule has 1 aliphatic rings. The smallest absolute Gasteiger partial charge is 0.257 e. The highest BCUT2D eigenvalue weighted by Crippen LogP contribution is 2.52. The van der Waals surface area contributed by atoms with Crippen molar-refractivity contribution in [2.75, 3.05) is 4.90 Å². The van der Waals surface area contributed by atoms with Gasteiger partial charge in [-0.15, -0.1) is 0 Å². The Balaban J connectivity index is 1.74. The molecule has 36 heavy (non-hydrogen) atoms. The number of amides is 1. The lowest BCUT2D eigenvalue weighted by molar-refractivity contribution is -0.122. The standard InChI is InChI=1S/C33H26N2O/c34-32(25-15-5-1-6-16-25)29-23-13-14-24-30(29)35(31(32)36)33(26-17-7-2-8-18-26,27-19-9-3-10-20-27)28-21-11-4-12-22-28/h1-24H,34H2/t32-/m1/s1. The van der Waals surface area contributed by atoms with Gasteiger partial charge in [-0.2, -0.15) is 0 Å². The molecule has 3 heteroatoms. The summed E-state index contributed by atoms with van der Waals surface area (Å²) in [4.78, 5) is 16.8. The van der Waals surface area contributed by atoms with Gasteiger partial charge in [0.05, 0.1) is 5.69 Å². The number of nitrogens with zero attached hydrogens (tertiary/aromatic N) is 1. The summed E-state index contributed by atoms with van der Waals surface area (Å²) in [5.74, 6) is -0.161. The van der Waals surface area contributed by atoms with Gasteiger partial charge in [0, 0.05) is 5.56 Å². The molecule has 5 aromatic rings. The number of hydrogen-bond donors (Lipinski definition) is 1. The van der Waals surface area contributed by atoms with Crippen molar-refractivity contribution in [3.8, 4) is 0 Å². The Hall–Kier alpha value is -4.47. The van der Waals surface area contributed by atoms with E-state index in [0.29, 0.717) is 0 Å². The SMILES string of the molecule is N[C@@]1(c2ccccc2)C(=O)N(C(c2ccccc2)(c2ccccc2)c2ccccc2)c2ccccc21. The second-order valence-corrected chi connectivity index (χ2v) is 9.14. The van der Waals surface area contributed by atoms with Crippen molar-refractivity contribution in [1.29, 1.82) is 0 Å². The number of hydrogen-bond acceptors (Lipinski definition) is 2. The highest BCUT2D eigenvalue weighted by Gasteiger charge is 2.57. The number of carbonyl (C=O) groups excluding carboxylic acids is 1. The van der Waals surface area contributed by atoms with E-state index in [1.165, 1.54) is 0 Å². The average Bonchev–Trinajstić information content (AvgIpc) is 3.19. The molecule has 0 saturated carbocycles. The Kier molecular flexibility index (Phi) is 5.28. The molecule has 6 rings (SSSR count). The Morgan fingerprint density at radius 1 is 0.528 bits per heavy atom. The van der Waals surface area contributed by atoms with E-state index in [4.69, 9.17) is 5.73 Å². The Morgan fingerprint density at radius 3 is 1.39 bits per heavy atom. The van der Waals surface area contributed by atoms with Gasteiger partial charge in [0.15, 0.2) is 0 Å². The van der Waals surface area contributed by atoms with Gasteiger partial charge in [-0.3, -0.25) is 9.69 Å². The van der Waals surface area contributed by atoms with Crippen molar-refractivity contribution in [1.82, 2.24) is 0 Å². The quantitative estimate of drug-likeness (QED) is 0.312. The lowest BCUT2D eigenvalue weighted by atomic mass is 9.75. The van der Waals surface area contributed by atoms with Gasteiger partial charge >= 0.3 is 0 Å². The summed E-state index contributed by atoms with van der Waals surface area (Å²) in [5.41, 5.74) is 10.3.